The number of ether oxygens (including phenoxy) is 1. The van der Waals surface area contributed by atoms with Gasteiger partial charge in [-0.05, 0) is 6.42 Å². The van der Waals surface area contributed by atoms with Crippen LogP contribution in [-0.2, 0) is 11.3 Å². The van der Waals surface area contributed by atoms with Crippen molar-refractivity contribution in [2.24, 2.45) is 0 Å². The molecule has 1 heterocycles. The molecule has 0 aliphatic heterocycles. The van der Waals surface area contributed by atoms with Crippen LogP contribution in [0.5, 0.6) is 0 Å². The molecule has 0 radical (unpaired) electrons. The minimum atomic E-state index is 0.463. The van der Waals surface area contributed by atoms with Crippen LogP contribution < -0.4 is 5.32 Å². The predicted molar refractivity (Wildman–Crippen MR) is 63.4 cm³/mol. The van der Waals surface area contributed by atoms with Crippen LogP contribution in [0.2, 0.25) is 0 Å². The Labute approximate surface area is 97.4 Å². The number of rotatable bonds is 8. The summed E-state index contributed by atoms with van der Waals surface area (Å²) in [6, 6.07) is 0. The number of hydrogen-bond donors (Lipinski definition) is 1. The highest BCUT2D eigenvalue weighted by atomic mass is 16.5. The Hall–Kier alpha value is -0.870. The van der Waals surface area contributed by atoms with Crippen LogP contribution in [0, 0.1) is 0 Å². The number of methoxy groups -OCH3 is 1. The van der Waals surface area contributed by atoms with Gasteiger partial charge in [-0.25, -0.2) is 4.98 Å². The van der Waals surface area contributed by atoms with Crippen molar-refractivity contribution in [3.05, 3.63) is 17.8 Å². The molecule has 4 nitrogen and oxygen atoms in total. The molecule has 0 amide bonds. The molecule has 1 unspecified atom stereocenters. The Kier molecular flexibility index (Phi) is 6.11. The van der Waals surface area contributed by atoms with Gasteiger partial charge in [0.25, 0.3) is 0 Å². The van der Waals surface area contributed by atoms with Crippen molar-refractivity contribution in [1.82, 2.24) is 10.3 Å². The Morgan fingerprint density at radius 2 is 2.38 bits per heavy atom. The van der Waals surface area contributed by atoms with Crippen molar-refractivity contribution >= 4 is 0 Å². The second-order valence-corrected chi connectivity index (χ2v) is 4.02. The Morgan fingerprint density at radius 1 is 1.56 bits per heavy atom. The monoisotopic (exact) mass is 226 g/mol. The van der Waals surface area contributed by atoms with Gasteiger partial charge in [-0.15, -0.1) is 0 Å². The smallest absolute Gasteiger partial charge is 0.208 e. The molecule has 1 atom stereocenters. The van der Waals surface area contributed by atoms with E-state index >= 15 is 0 Å². The van der Waals surface area contributed by atoms with E-state index in [1.165, 1.54) is 6.42 Å². The average Bonchev–Trinajstić information content (AvgIpc) is 2.73. The maximum absolute atomic E-state index is 5.66. The third-order valence-electron chi connectivity index (χ3n) is 2.54. The summed E-state index contributed by atoms with van der Waals surface area (Å²) in [5.41, 5.74) is 0. The summed E-state index contributed by atoms with van der Waals surface area (Å²) in [5.74, 6) is 2.21. The summed E-state index contributed by atoms with van der Waals surface area (Å²) < 4.78 is 10.6. The largest absolute Gasteiger partial charge is 0.444 e. The van der Waals surface area contributed by atoms with Crippen LogP contribution in [0.3, 0.4) is 0 Å². The molecule has 1 aromatic heterocycles. The van der Waals surface area contributed by atoms with Crippen LogP contribution in [0.1, 0.15) is 44.3 Å². The molecule has 1 rings (SSSR count). The first kappa shape index (κ1) is 13.2. The van der Waals surface area contributed by atoms with Gasteiger partial charge in [0, 0.05) is 19.6 Å². The normalized spacial score (nSPS) is 12.9. The van der Waals surface area contributed by atoms with E-state index in [2.05, 4.69) is 24.1 Å². The fraction of sp³-hybridized carbons (Fsp3) is 0.750. The lowest BCUT2D eigenvalue weighted by molar-refractivity contribution is 0.198. The lowest BCUT2D eigenvalue weighted by atomic mass is 10.0. The van der Waals surface area contributed by atoms with Gasteiger partial charge in [-0.3, -0.25) is 0 Å². The van der Waals surface area contributed by atoms with Crippen LogP contribution in [0.15, 0.2) is 10.6 Å². The van der Waals surface area contributed by atoms with E-state index in [4.69, 9.17) is 9.15 Å². The SMILES string of the molecule is CCCC(C)c1cnc(CNCCOC)o1. The van der Waals surface area contributed by atoms with Crippen molar-refractivity contribution in [3.8, 4) is 0 Å². The number of aromatic nitrogens is 1. The lowest BCUT2D eigenvalue weighted by Crippen LogP contribution is -2.18. The van der Waals surface area contributed by atoms with Crippen molar-refractivity contribution in [2.45, 2.75) is 39.2 Å². The zero-order valence-electron chi connectivity index (χ0n) is 10.5. The highest BCUT2D eigenvalue weighted by Gasteiger charge is 2.10. The summed E-state index contributed by atoms with van der Waals surface area (Å²) in [6.45, 7) is 6.55. The Balaban J connectivity index is 2.33. The van der Waals surface area contributed by atoms with E-state index in [-0.39, 0.29) is 0 Å². The minimum Gasteiger partial charge on any atom is -0.444 e. The summed E-state index contributed by atoms with van der Waals surface area (Å²) >= 11 is 0. The van der Waals surface area contributed by atoms with Crippen LogP contribution >= 0.6 is 0 Å². The minimum absolute atomic E-state index is 0.463. The highest BCUT2D eigenvalue weighted by Crippen LogP contribution is 2.20. The van der Waals surface area contributed by atoms with Gasteiger partial charge in [-0.2, -0.15) is 0 Å². The molecule has 0 saturated carbocycles. The predicted octanol–water partition coefficient (Wildman–Crippen LogP) is 2.31. The number of hydrogen-bond acceptors (Lipinski definition) is 4. The summed E-state index contributed by atoms with van der Waals surface area (Å²) in [4.78, 5) is 4.25. The quantitative estimate of drug-likeness (QED) is 0.691. The van der Waals surface area contributed by atoms with E-state index in [1.54, 1.807) is 7.11 Å². The molecule has 0 bridgehead atoms. The first-order chi connectivity index (χ1) is 7.77. The number of oxazole rings is 1. The number of nitrogens with zero attached hydrogens (tertiary/aromatic N) is 1. The fourth-order valence-corrected chi connectivity index (χ4v) is 1.58. The Morgan fingerprint density at radius 3 is 3.06 bits per heavy atom. The summed E-state index contributed by atoms with van der Waals surface area (Å²) in [6.07, 6.45) is 4.16. The van der Waals surface area contributed by atoms with E-state index in [0.29, 0.717) is 19.1 Å². The molecule has 0 fully saturated rings. The van der Waals surface area contributed by atoms with Crippen LogP contribution in [0.4, 0.5) is 0 Å². The topological polar surface area (TPSA) is 47.3 Å². The molecule has 0 saturated heterocycles. The third kappa shape index (κ3) is 4.33. The maximum Gasteiger partial charge on any atom is 0.208 e. The van der Waals surface area contributed by atoms with E-state index in [9.17, 15) is 0 Å². The molecule has 16 heavy (non-hydrogen) atoms. The zero-order chi connectivity index (χ0) is 11.8. The van der Waals surface area contributed by atoms with Gasteiger partial charge in [-0.1, -0.05) is 20.3 Å². The molecule has 0 aliphatic rings. The Bertz CT molecular complexity index is 286. The molecule has 1 N–H and O–H groups in total. The lowest BCUT2D eigenvalue weighted by Gasteiger charge is -2.04. The second-order valence-electron chi connectivity index (χ2n) is 4.02. The molecule has 92 valence electrons. The molecular formula is C12H22N2O2. The highest BCUT2D eigenvalue weighted by molar-refractivity contribution is 5.00. The molecule has 1 aromatic rings. The third-order valence-corrected chi connectivity index (χ3v) is 2.54. The molecule has 0 aromatic carbocycles. The van der Waals surface area contributed by atoms with E-state index < -0.39 is 0 Å². The summed E-state index contributed by atoms with van der Waals surface area (Å²) in [5, 5.41) is 3.21. The van der Waals surface area contributed by atoms with Gasteiger partial charge >= 0.3 is 0 Å². The zero-order valence-corrected chi connectivity index (χ0v) is 10.5. The molecule has 0 aliphatic carbocycles. The average molecular weight is 226 g/mol. The summed E-state index contributed by atoms with van der Waals surface area (Å²) in [7, 11) is 1.69. The van der Waals surface area contributed by atoms with Crippen LogP contribution in [0.25, 0.3) is 0 Å². The maximum atomic E-state index is 5.66. The molecule has 4 heteroatoms. The van der Waals surface area contributed by atoms with Gasteiger partial charge in [0.2, 0.25) is 5.89 Å². The number of nitrogens with one attached hydrogen (secondary N) is 1. The second kappa shape index (κ2) is 7.41. The molecular weight excluding hydrogens is 204 g/mol. The fourth-order valence-electron chi connectivity index (χ4n) is 1.58. The van der Waals surface area contributed by atoms with E-state index in [1.807, 2.05) is 6.20 Å². The van der Waals surface area contributed by atoms with Crippen molar-refractivity contribution < 1.29 is 9.15 Å². The van der Waals surface area contributed by atoms with Gasteiger partial charge < -0.3 is 14.5 Å². The van der Waals surface area contributed by atoms with Crippen molar-refractivity contribution in [3.63, 3.8) is 0 Å². The standard InChI is InChI=1S/C12H22N2O2/c1-4-5-10(2)11-8-14-12(16-11)9-13-6-7-15-3/h8,10,13H,4-7,9H2,1-3H3. The molecule has 0 spiro atoms. The first-order valence-electron chi connectivity index (χ1n) is 5.92. The van der Waals surface area contributed by atoms with Gasteiger partial charge in [0.1, 0.15) is 5.76 Å². The van der Waals surface area contributed by atoms with Gasteiger partial charge in [0.05, 0.1) is 19.3 Å². The first-order valence-corrected chi connectivity index (χ1v) is 5.92. The van der Waals surface area contributed by atoms with E-state index in [0.717, 1.165) is 24.6 Å². The van der Waals surface area contributed by atoms with Crippen molar-refractivity contribution in [1.29, 1.82) is 0 Å². The van der Waals surface area contributed by atoms with Crippen LogP contribution in [-0.4, -0.2) is 25.2 Å². The van der Waals surface area contributed by atoms with Gasteiger partial charge in [0.15, 0.2) is 0 Å². The van der Waals surface area contributed by atoms with Crippen molar-refractivity contribution in [2.75, 3.05) is 20.3 Å².